The van der Waals surface area contributed by atoms with Gasteiger partial charge >= 0.3 is 0 Å². The average molecular weight is 287 g/mol. The highest BCUT2D eigenvalue weighted by atomic mass is 14.9. The van der Waals surface area contributed by atoms with E-state index in [9.17, 15) is 0 Å². The van der Waals surface area contributed by atoms with Crippen LogP contribution >= 0.6 is 0 Å². The minimum absolute atomic E-state index is 0.543. The Bertz CT molecular complexity index is 463. The van der Waals surface area contributed by atoms with E-state index in [1.54, 1.807) is 5.56 Å². The van der Waals surface area contributed by atoms with Crippen molar-refractivity contribution in [1.29, 1.82) is 0 Å². The molecule has 0 saturated heterocycles. The number of rotatable bonds is 5. The van der Waals surface area contributed by atoms with Crippen LogP contribution in [0.5, 0.6) is 0 Å². The Balaban J connectivity index is 2.45. The van der Waals surface area contributed by atoms with E-state index in [1.807, 2.05) is 0 Å². The van der Waals surface area contributed by atoms with Crippen LogP contribution in [0.4, 0.5) is 0 Å². The van der Waals surface area contributed by atoms with E-state index in [4.69, 9.17) is 0 Å². The van der Waals surface area contributed by atoms with Gasteiger partial charge in [-0.25, -0.2) is 0 Å². The molecule has 0 heterocycles. The van der Waals surface area contributed by atoms with Gasteiger partial charge in [0.1, 0.15) is 0 Å². The molecule has 0 spiro atoms. The van der Waals surface area contributed by atoms with Gasteiger partial charge in [0.2, 0.25) is 0 Å². The number of hydrogen-bond acceptors (Lipinski definition) is 1. The van der Waals surface area contributed by atoms with Crippen LogP contribution < -0.4 is 5.32 Å². The van der Waals surface area contributed by atoms with Crippen molar-refractivity contribution in [2.24, 2.45) is 11.8 Å². The molecule has 118 valence electrons. The van der Waals surface area contributed by atoms with E-state index in [2.05, 4.69) is 52.9 Å². The Morgan fingerprint density at radius 2 is 1.71 bits per heavy atom. The lowest BCUT2D eigenvalue weighted by Crippen LogP contribution is -2.32. The third kappa shape index (κ3) is 3.34. The molecule has 0 bridgehead atoms. The summed E-state index contributed by atoms with van der Waals surface area (Å²) < 4.78 is 0. The summed E-state index contributed by atoms with van der Waals surface area (Å²) in [6.07, 6.45) is 5.39. The summed E-state index contributed by atoms with van der Waals surface area (Å²) in [5, 5.41) is 3.89. The second-order valence-corrected chi connectivity index (χ2v) is 7.18. The summed E-state index contributed by atoms with van der Waals surface area (Å²) in [7, 11) is 0. The van der Waals surface area contributed by atoms with E-state index in [-0.39, 0.29) is 0 Å². The number of hydrogen-bond donors (Lipinski definition) is 1. The first-order valence-corrected chi connectivity index (χ1v) is 8.78. The zero-order chi connectivity index (χ0) is 15.6. The third-order valence-corrected chi connectivity index (χ3v) is 5.71. The van der Waals surface area contributed by atoms with E-state index in [1.165, 1.54) is 47.9 Å². The van der Waals surface area contributed by atoms with Gasteiger partial charge in [0.25, 0.3) is 0 Å². The normalized spacial score (nSPS) is 23.5. The van der Waals surface area contributed by atoms with Crippen molar-refractivity contribution < 1.29 is 0 Å². The molecule has 1 aromatic carbocycles. The minimum atomic E-state index is 0.543. The van der Waals surface area contributed by atoms with Crippen molar-refractivity contribution >= 4 is 0 Å². The van der Waals surface area contributed by atoms with Crippen molar-refractivity contribution in [3.05, 3.63) is 33.9 Å². The number of aryl methyl sites for hydroxylation is 2. The molecule has 0 radical (unpaired) electrons. The lowest BCUT2D eigenvalue weighted by Gasteiger charge is -2.32. The van der Waals surface area contributed by atoms with Gasteiger partial charge < -0.3 is 5.32 Å². The van der Waals surface area contributed by atoms with Gasteiger partial charge in [-0.15, -0.1) is 0 Å². The summed E-state index contributed by atoms with van der Waals surface area (Å²) in [6, 6.07) is 2.89. The maximum absolute atomic E-state index is 3.89. The molecule has 1 heteroatoms. The molecule has 21 heavy (non-hydrogen) atoms. The third-order valence-electron chi connectivity index (χ3n) is 5.71. The van der Waals surface area contributed by atoms with Crippen LogP contribution in [0.15, 0.2) is 6.07 Å². The molecular formula is C20H33N. The van der Waals surface area contributed by atoms with Crippen LogP contribution in [0.25, 0.3) is 0 Å². The van der Waals surface area contributed by atoms with Crippen molar-refractivity contribution in [2.45, 2.75) is 73.3 Å². The first-order valence-electron chi connectivity index (χ1n) is 8.78. The quantitative estimate of drug-likeness (QED) is 0.765. The van der Waals surface area contributed by atoms with Gasteiger partial charge in [-0.2, -0.15) is 0 Å². The predicted molar refractivity (Wildman–Crippen MR) is 92.9 cm³/mol. The van der Waals surface area contributed by atoms with E-state index >= 15 is 0 Å². The summed E-state index contributed by atoms with van der Waals surface area (Å²) >= 11 is 0. The van der Waals surface area contributed by atoms with Gasteiger partial charge in [0.15, 0.2) is 0 Å². The van der Waals surface area contributed by atoms with Gasteiger partial charge in [0.05, 0.1) is 0 Å². The highest BCUT2D eigenvalue weighted by Gasteiger charge is 2.33. The monoisotopic (exact) mass is 287 g/mol. The van der Waals surface area contributed by atoms with Crippen molar-refractivity contribution in [3.8, 4) is 0 Å². The smallest absolute Gasteiger partial charge is 0.0356 e. The average Bonchev–Trinajstić information content (AvgIpc) is 2.86. The maximum Gasteiger partial charge on any atom is 0.0356 e. The second kappa shape index (κ2) is 6.96. The molecule has 2 rings (SSSR count). The lowest BCUT2D eigenvalue weighted by atomic mass is 9.80. The molecule has 3 atom stereocenters. The Labute approximate surface area is 131 Å². The molecule has 1 saturated carbocycles. The summed E-state index contributed by atoms with van der Waals surface area (Å²) in [5.41, 5.74) is 7.50. The van der Waals surface area contributed by atoms with Gasteiger partial charge in [-0.3, -0.25) is 0 Å². The molecule has 0 aromatic heterocycles. The highest BCUT2D eigenvalue weighted by Crippen LogP contribution is 2.42. The van der Waals surface area contributed by atoms with E-state index in [0.717, 1.165) is 18.4 Å². The summed E-state index contributed by atoms with van der Waals surface area (Å²) in [6.45, 7) is 15.0. The Morgan fingerprint density at radius 3 is 2.19 bits per heavy atom. The van der Waals surface area contributed by atoms with Crippen LogP contribution in [0.2, 0.25) is 0 Å². The second-order valence-electron chi connectivity index (χ2n) is 7.18. The van der Waals surface area contributed by atoms with Crippen molar-refractivity contribution in [2.75, 3.05) is 6.54 Å². The zero-order valence-electron chi connectivity index (χ0n) is 14.8. The Kier molecular flexibility index (Phi) is 5.48. The summed E-state index contributed by atoms with van der Waals surface area (Å²) in [4.78, 5) is 0. The molecule has 1 nitrogen and oxygen atoms in total. The van der Waals surface area contributed by atoms with Gasteiger partial charge in [-0.05, 0) is 86.7 Å². The van der Waals surface area contributed by atoms with Gasteiger partial charge in [0, 0.05) is 6.04 Å². The maximum atomic E-state index is 3.89. The zero-order valence-corrected chi connectivity index (χ0v) is 14.8. The molecule has 3 unspecified atom stereocenters. The van der Waals surface area contributed by atoms with Crippen molar-refractivity contribution in [3.63, 3.8) is 0 Å². The van der Waals surface area contributed by atoms with E-state index < -0.39 is 0 Å². The van der Waals surface area contributed by atoms with Crippen LogP contribution in [0, 0.1) is 39.5 Å². The summed E-state index contributed by atoms with van der Waals surface area (Å²) in [5.74, 6) is 1.65. The van der Waals surface area contributed by atoms with Crippen LogP contribution in [0.1, 0.15) is 73.4 Å². The first-order chi connectivity index (χ1) is 9.97. The lowest BCUT2D eigenvalue weighted by molar-refractivity contribution is 0.300. The molecular weight excluding hydrogens is 254 g/mol. The standard InChI is InChI=1S/C20H33N/c1-7-11-21-20(18-10-8-9-13(18)2)19-16(5)14(3)12-15(4)17(19)6/h12-13,18,20-21H,7-11H2,1-6H3. The van der Waals surface area contributed by atoms with Crippen molar-refractivity contribution in [1.82, 2.24) is 5.32 Å². The molecule has 1 aliphatic rings. The topological polar surface area (TPSA) is 12.0 Å². The fraction of sp³-hybridized carbons (Fsp3) is 0.700. The first kappa shape index (κ1) is 16.5. The van der Waals surface area contributed by atoms with Crippen LogP contribution in [-0.4, -0.2) is 6.54 Å². The fourth-order valence-electron chi connectivity index (χ4n) is 4.15. The largest absolute Gasteiger partial charge is 0.310 e. The molecule has 0 amide bonds. The van der Waals surface area contributed by atoms with Gasteiger partial charge in [-0.1, -0.05) is 32.8 Å². The Morgan fingerprint density at radius 1 is 1.10 bits per heavy atom. The van der Waals surface area contributed by atoms with Crippen LogP contribution in [0.3, 0.4) is 0 Å². The SMILES string of the molecule is CCCNC(c1c(C)c(C)cc(C)c1C)C1CCCC1C. The predicted octanol–water partition coefficient (Wildman–Crippen LogP) is 5.40. The number of benzene rings is 1. The Hall–Kier alpha value is -0.820. The molecule has 1 aromatic rings. The fourth-order valence-corrected chi connectivity index (χ4v) is 4.15. The van der Waals surface area contributed by atoms with Crippen LogP contribution in [-0.2, 0) is 0 Å². The molecule has 1 N–H and O–H groups in total. The molecule has 1 fully saturated rings. The number of nitrogens with one attached hydrogen (secondary N) is 1. The van der Waals surface area contributed by atoms with E-state index in [0.29, 0.717) is 6.04 Å². The highest BCUT2D eigenvalue weighted by molar-refractivity contribution is 5.46. The molecule has 0 aliphatic heterocycles. The minimum Gasteiger partial charge on any atom is -0.310 e. The molecule has 1 aliphatic carbocycles.